The van der Waals surface area contributed by atoms with Gasteiger partial charge in [0.15, 0.2) is 0 Å². The van der Waals surface area contributed by atoms with Crippen LogP contribution in [0.3, 0.4) is 0 Å². The van der Waals surface area contributed by atoms with Crippen LogP contribution in [-0.4, -0.2) is 15.8 Å². The van der Waals surface area contributed by atoms with Gasteiger partial charge in [0, 0.05) is 24.3 Å². The number of aromatic nitrogens is 1. The van der Waals surface area contributed by atoms with Gasteiger partial charge in [-0.3, -0.25) is 4.79 Å². The van der Waals surface area contributed by atoms with Crippen LogP contribution in [0.15, 0.2) is 36.5 Å². The highest BCUT2D eigenvalue weighted by Gasteiger charge is 2.25. The molecule has 0 unspecified atom stereocenters. The number of amides is 1. The molecule has 5 heteroatoms. The fourth-order valence-electron chi connectivity index (χ4n) is 2.22. The fourth-order valence-corrected chi connectivity index (χ4v) is 2.62. The molecule has 0 atom stereocenters. The van der Waals surface area contributed by atoms with Crippen LogP contribution < -0.4 is 0 Å². The van der Waals surface area contributed by atoms with Gasteiger partial charge in [-0.15, -0.1) is 0 Å². The SMILES string of the molecule is O=C(c1cccnc1Cl)N1Cc2ccc(Cl)cc2C1. The highest BCUT2D eigenvalue weighted by molar-refractivity contribution is 6.32. The molecule has 1 aliphatic heterocycles. The molecule has 1 aromatic heterocycles. The molecule has 3 nitrogen and oxygen atoms in total. The Morgan fingerprint density at radius 1 is 1.16 bits per heavy atom. The maximum absolute atomic E-state index is 12.4. The zero-order chi connectivity index (χ0) is 13.4. The lowest BCUT2D eigenvalue weighted by Crippen LogP contribution is -2.25. The van der Waals surface area contributed by atoms with Crippen LogP contribution in [-0.2, 0) is 13.1 Å². The van der Waals surface area contributed by atoms with Crippen LogP contribution in [0.2, 0.25) is 10.2 Å². The Morgan fingerprint density at radius 3 is 2.74 bits per heavy atom. The fraction of sp³-hybridized carbons (Fsp3) is 0.143. The van der Waals surface area contributed by atoms with Gasteiger partial charge in [-0.1, -0.05) is 29.3 Å². The average molecular weight is 293 g/mol. The van der Waals surface area contributed by atoms with Crippen LogP contribution in [0.1, 0.15) is 21.5 Å². The van der Waals surface area contributed by atoms with Gasteiger partial charge in [-0.05, 0) is 35.4 Å². The molecule has 19 heavy (non-hydrogen) atoms. The lowest BCUT2D eigenvalue weighted by Gasteiger charge is -2.15. The number of halogens is 2. The van der Waals surface area contributed by atoms with E-state index in [2.05, 4.69) is 4.98 Å². The maximum Gasteiger partial charge on any atom is 0.257 e. The van der Waals surface area contributed by atoms with E-state index < -0.39 is 0 Å². The van der Waals surface area contributed by atoms with Crippen molar-refractivity contribution in [3.05, 3.63) is 63.4 Å². The Balaban J connectivity index is 1.87. The van der Waals surface area contributed by atoms with E-state index in [4.69, 9.17) is 23.2 Å². The van der Waals surface area contributed by atoms with E-state index in [1.807, 2.05) is 18.2 Å². The molecule has 96 valence electrons. The summed E-state index contributed by atoms with van der Waals surface area (Å²) in [5.41, 5.74) is 2.64. The normalized spacial score (nSPS) is 13.5. The number of hydrogen-bond donors (Lipinski definition) is 0. The highest BCUT2D eigenvalue weighted by atomic mass is 35.5. The lowest BCUT2D eigenvalue weighted by atomic mass is 10.1. The number of rotatable bonds is 1. The van der Waals surface area contributed by atoms with Gasteiger partial charge >= 0.3 is 0 Å². The largest absolute Gasteiger partial charge is 0.330 e. The molecule has 0 bridgehead atoms. The Morgan fingerprint density at radius 2 is 1.95 bits per heavy atom. The minimum Gasteiger partial charge on any atom is -0.330 e. The summed E-state index contributed by atoms with van der Waals surface area (Å²) in [6, 6.07) is 9.09. The third kappa shape index (κ3) is 2.31. The Labute approximate surface area is 120 Å². The van der Waals surface area contributed by atoms with Gasteiger partial charge in [-0.2, -0.15) is 0 Å². The van der Waals surface area contributed by atoms with Gasteiger partial charge < -0.3 is 4.90 Å². The number of carbonyl (C=O) groups is 1. The van der Waals surface area contributed by atoms with E-state index in [0.717, 1.165) is 11.1 Å². The summed E-state index contributed by atoms with van der Waals surface area (Å²) in [6.45, 7) is 1.14. The van der Waals surface area contributed by atoms with E-state index in [1.54, 1.807) is 23.2 Å². The predicted molar refractivity (Wildman–Crippen MR) is 74.3 cm³/mol. The first kappa shape index (κ1) is 12.5. The molecule has 0 saturated carbocycles. The summed E-state index contributed by atoms with van der Waals surface area (Å²) in [5.74, 6) is -0.106. The molecule has 0 saturated heterocycles. The molecule has 2 aromatic rings. The van der Waals surface area contributed by atoms with Gasteiger partial charge in [0.05, 0.1) is 5.56 Å². The van der Waals surface area contributed by atoms with Crippen LogP contribution in [0, 0.1) is 0 Å². The van der Waals surface area contributed by atoms with Crippen molar-refractivity contribution in [1.29, 1.82) is 0 Å². The molecule has 0 N–H and O–H groups in total. The van der Waals surface area contributed by atoms with Gasteiger partial charge in [0.2, 0.25) is 0 Å². The summed E-state index contributed by atoms with van der Waals surface area (Å²) in [4.78, 5) is 18.1. The van der Waals surface area contributed by atoms with Gasteiger partial charge in [-0.25, -0.2) is 4.98 Å². The molecule has 2 heterocycles. The molecule has 0 spiro atoms. The first-order valence-electron chi connectivity index (χ1n) is 5.82. The van der Waals surface area contributed by atoms with Crippen molar-refractivity contribution in [3.8, 4) is 0 Å². The second kappa shape index (κ2) is 4.83. The van der Waals surface area contributed by atoms with Crippen molar-refractivity contribution in [2.75, 3.05) is 0 Å². The van der Waals surface area contributed by atoms with Crippen molar-refractivity contribution in [2.45, 2.75) is 13.1 Å². The van der Waals surface area contributed by atoms with Crippen LogP contribution in [0.25, 0.3) is 0 Å². The topological polar surface area (TPSA) is 33.2 Å². The number of pyridine rings is 1. The van der Waals surface area contributed by atoms with Crippen LogP contribution in [0.5, 0.6) is 0 Å². The smallest absolute Gasteiger partial charge is 0.257 e. The molecular formula is C14H10Cl2N2O. The van der Waals surface area contributed by atoms with Crippen molar-refractivity contribution in [3.63, 3.8) is 0 Å². The highest BCUT2D eigenvalue weighted by Crippen LogP contribution is 2.27. The summed E-state index contributed by atoms with van der Waals surface area (Å²) in [5, 5.41) is 0.925. The number of fused-ring (bicyclic) bond motifs is 1. The minimum absolute atomic E-state index is 0.106. The third-order valence-electron chi connectivity index (χ3n) is 3.17. The van der Waals surface area contributed by atoms with E-state index >= 15 is 0 Å². The monoisotopic (exact) mass is 292 g/mol. The molecule has 1 aliphatic rings. The van der Waals surface area contributed by atoms with Gasteiger partial charge in [0.25, 0.3) is 5.91 Å². The summed E-state index contributed by atoms with van der Waals surface area (Å²) >= 11 is 11.9. The van der Waals surface area contributed by atoms with E-state index in [9.17, 15) is 4.79 Å². The van der Waals surface area contributed by atoms with Crippen molar-refractivity contribution >= 4 is 29.1 Å². The van der Waals surface area contributed by atoms with Crippen LogP contribution in [0.4, 0.5) is 0 Å². The summed E-state index contributed by atoms with van der Waals surface area (Å²) in [6.07, 6.45) is 1.57. The molecule has 0 fully saturated rings. The number of benzene rings is 1. The number of nitrogens with zero attached hydrogens (tertiary/aromatic N) is 2. The van der Waals surface area contributed by atoms with E-state index in [1.165, 1.54) is 0 Å². The molecular weight excluding hydrogens is 283 g/mol. The Hall–Kier alpha value is -1.58. The molecule has 0 radical (unpaired) electrons. The minimum atomic E-state index is -0.106. The lowest BCUT2D eigenvalue weighted by molar-refractivity contribution is 0.0751. The Bertz CT molecular complexity index is 658. The standard InChI is InChI=1S/C14H10Cl2N2O/c15-11-4-3-9-7-18(8-10(9)6-11)14(19)12-2-1-5-17-13(12)16/h1-6H,7-8H2. The summed E-state index contributed by atoms with van der Waals surface area (Å²) < 4.78 is 0. The maximum atomic E-state index is 12.4. The van der Waals surface area contributed by atoms with Crippen molar-refractivity contribution in [1.82, 2.24) is 9.88 Å². The second-order valence-electron chi connectivity index (χ2n) is 4.42. The zero-order valence-corrected chi connectivity index (χ0v) is 11.4. The van der Waals surface area contributed by atoms with E-state index in [-0.39, 0.29) is 11.1 Å². The Kier molecular flexibility index (Phi) is 3.17. The number of hydrogen-bond acceptors (Lipinski definition) is 2. The number of carbonyl (C=O) groups excluding carboxylic acids is 1. The van der Waals surface area contributed by atoms with Crippen LogP contribution >= 0.6 is 23.2 Å². The first-order chi connectivity index (χ1) is 9.15. The molecule has 3 rings (SSSR count). The van der Waals surface area contributed by atoms with Crippen molar-refractivity contribution < 1.29 is 4.79 Å². The average Bonchev–Trinajstić information content (AvgIpc) is 2.81. The second-order valence-corrected chi connectivity index (χ2v) is 5.21. The van der Waals surface area contributed by atoms with Crippen molar-refractivity contribution in [2.24, 2.45) is 0 Å². The van der Waals surface area contributed by atoms with E-state index in [0.29, 0.717) is 23.7 Å². The van der Waals surface area contributed by atoms with Gasteiger partial charge in [0.1, 0.15) is 5.15 Å². The third-order valence-corrected chi connectivity index (χ3v) is 3.70. The molecule has 1 aromatic carbocycles. The first-order valence-corrected chi connectivity index (χ1v) is 6.58. The molecule has 0 aliphatic carbocycles. The predicted octanol–water partition coefficient (Wildman–Crippen LogP) is 3.54. The quantitative estimate of drug-likeness (QED) is 0.753. The summed E-state index contributed by atoms with van der Waals surface area (Å²) in [7, 11) is 0. The molecule has 1 amide bonds. The zero-order valence-electron chi connectivity index (χ0n) is 9.94.